The molecule has 1 saturated heterocycles. The molecule has 1 amide bonds. The fourth-order valence-corrected chi connectivity index (χ4v) is 4.19. The molecule has 3 N–H and O–H groups in total. The van der Waals surface area contributed by atoms with Gasteiger partial charge in [0.05, 0.1) is 23.1 Å². The normalized spacial score (nSPS) is 15.7. The summed E-state index contributed by atoms with van der Waals surface area (Å²) in [5, 5.41) is 8.42. The second-order valence-electron chi connectivity index (χ2n) is 7.78. The average Bonchev–Trinajstić information content (AvgIpc) is 3.29. The van der Waals surface area contributed by atoms with Crippen molar-refractivity contribution in [3.8, 4) is 0 Å². The van der Waals surface area contributed by atoms with Gasteiger partial charge in [0.2, 0.25) is 0 Å². The number of ether oxygens (including phenoxy) is 1. The number of hydrogen-bond donors (Lipinski definition) is 3. The minimum atomic E-state index is -0.247. The predicted octanol–water partition coefficient (Wildman–Crippen LogP) is 3.64. The zero-order chi connectivity index (χ0) is 22.1. The van der Waals surface area contributed by atoms with Crippen molar-refractivity contribution in [3.63, 3.8) is 0 Å². The number of halogens is 1. The van der Waals surface area contributed by atoms with Crippen LogP contribution in [-0.4, -0.2) is 50.1 Å². The number of rotatable bonds is 5. The zero-order valence-corrected chi connectivity index (χ0v) is 18.2. The van der Waals surface area contributed by atoms with E-state index < -0.39 is 0 Å². The third-order valence-corrected chi connectivity index (χ3v) is 5.93. The van der Waals surface area contributed by atoms with Crippen molar-refractivity contribution in [1.29, 1.82) is 0 Å². The van der Waals surface area contributed by atoms with Gasteiger partial charge in [-0.1, -0.05) is 23.7 Å². The maximum atomic E-state index is 13.2. The van der Waals surface area contributed by atoms with Gasteiger partial charge in [0.1, 0.15) is 17.5 Å². The van der Waals surface area contributed by atoms with Gasteiger partial charge >= 0.3 is 0 Å². The summed E-state index contributed by atoms with van der Waals surface area (Å²) in [6.07, 6.45) is 4.60. The number of pyridine rings is 1. The van der Waals surface area contributed by atoms with E-state index in [2.05, 4.69) is 30.6 Å². The van der Waals surface area contributed by atoms with Crippen molar-refractivity contribution in [2.24, 2.45) is 0 Å². The number of nitrogens with zero attached hydrogens (tertiary/aromatic N) is 4. The van der Waals surface area contributed by atoms with Crippen molar-refractivity contribution < 1.29 is 9.53 Å². The summed E-state index contributed by atoms with van der Waals surface area (Å²) in [6.45, 7) is 3.24. The summed E-state index contributed by atoms with van der Waals surface area (Å²) in [6, 6.07) is 7.32. The SMILES string of the molecule is C[C@H](Nc1ncnc2[nH]cnc12)c1cc2cccc(Cl)c2c(C(=O)NC2CCOCC2)n1. The lowest BCUT2D eigenvalue weighted by atomic mass is 10.0. The summed E-state index contributed by atoms with van der Waals surface area (Å²) >= 11 is 6.48. The maximum Gasteiger partial charge on any atom is 0.270 e. The monoisotopic (exact) mass is 451 g/mol. The Bertz CT molecular complexity index is 1290. The Balaban J connectivity index is 1.50. The molecule has 3 aromatic heterocycles. The van der Waals surface area contributed by atoms with Gasteiger partial charge in [0.15, 0.2) is 11.5 Å². The number of anilines is 1. The quantitative estimate of drug-likeness (QED) is 0.424. The molecule has 0 saturated carbocycles. The number of benzene rings is 1. The minimum absolute atomic E-state index is 0.0590. The molecule has 4 heterocycles. The third-order valence-electron chi connectivity index (χ3n) is 5.61. The largest absolute Gasteiger partial charge is 0.381 e. The molecule has 0 aliphatic carbocycles. The molecule has 0 bridgehead atoms. The van der Waals surface area contributed by atoms with Crippen LogP contribution in [0.15, 0.2) is 36.9 Å². The lowest BCUT2D eigenvalue weighted by molar-refractivity contribution is 0.0695. The minimum Gasteiger partial charge on any atom is -0.381 e. The zero-order valence-electron chi connectivity index (χ0n) is 17.4. The molecule has 9 nitrogen and oxygen atoms in total. The Morgan fingerprint density at radius 2 is 2.09 bits per heavy atom. The number of aromatic amines is 1. The number of hydrogen-bond acceptors (Lipinski definition) is 7. The van der Waals surface area contributed by atoms with Crippen LogP contribution in [0.2, 0.25) is 5.02 Å². The summed E-state index contributed by atoms with van der Waals surface area (Å²) < 4.78 is 5.39. The number of amides is 1. The van der Waals surface area contributed by atoms with Crippen LogP contribution >= 0.6 is 11.6 Å². The first kappa shape index (κ1) is 20.6. The molecular weight excluding hydrogens is 430 g/mol. The Morgan fingerprint density at radius 3 is 2.94 bits per heavy atom. The highest BCUT2D eigenvalue weighted by molar-refractivity contribution is 6.36. The molecule has 1 aliphatic rings. The van der Waals surface area contributed by atoms with Crippen molar-refractivity contribution >= 4 is 45.3 Å². The van der Waals surface area contributed by atoms with Crippen LogP contribution in [0.25, 0.3) is 21.9 Å². The van der Waals surface area contributed by atoms with Gasteiger partial charge < -0.3 is 20.4 Å². The van der Waals surface area contributed by atoms with Crippen LogP contribution in [-0.2, 0) is 4.74 Å². The number of aromatic nitrogens is 5. The maximum absolute atomic E-state index is 13.2. The highest BCUT2D eigenvalue weighted by Gasteiger charge is 2.23. The second-order valence-corrected chi connectivity index (χ2v) is 8.19. The molecule has 1 atom stereocenters. The van der Waals surface area contributed by atoms with Crippen molar-refractivity contribution in [2.45, 2.75) is 31.8 Å². The van der Waals surface area contributed by atoms with Gasteiger partial charge in [-0.3, -0.25) is 4.79 Å². The van der Waals surface area contributed by atoms with E-state index in [1.165, 1.54) is 6.33 Å². The molecule has 0 radical (unpaired) electrons. The van der Waals surface area contributed by atoms with E-state index in [1.807, 2.05) is 25.1 Å². The van der Waals surface area contributed by atoms with Gasteiger partial charge in [-0.2, -0.15) is 0 Å². The van der Waals surface area contributed by atoms with Crippen LogP contribution in [0.4, 0.5) is 5.82 Å². The molecule has 32 heavy (non-hydrogen) atoms. The summed E-state index contributed by atoms with van der Waals surface area (Å²) in [4.78, 5) is 33.7. The van der Waals surface area contributed by atoms with Crippen LogP contribution in [0.3, 0.4) is 0 Å². The van der Waals surface area contributed by atoms with Gasteiger partial charge in [-0.25, -0.2) is 19.9 Å². The average molecular weight is 452 g/mol. The van der Waals surface area contributed by atoms with Gasteiger partial charge in [-0.15, -0.1) is 0 Å². The molecule has 1 aromatic carbocycles. The molecule has 0 spiro atoms. The summed E-state index contributed by atoms with van der Waals surface area (Å²) in [7, 11) is 0. The highest BCUT2D eigenvalue weighted by atomic mass is 35.5. The van der Waals surface area contributed by atoms with E-state index in [9.17, 15) is 4.79 Å². The van der Waals surface area contributed by atoms with E-state index in [1.54, 1.807) is 12.4 Å². The van der Waals surface area contributed by atoms with Crippen molar-refractivity contribution in [2.75, 3.05) is 18.5 Å². The van der Waals surface area contributed by atoms with E-state index in [-0.39, 0.29) is 18.0 Å². The first-order valence-corrected chi connectivity index (χ1v) is 10.9. The number of imidazole rings is 1. The highest BCUT2D eigenvalue weighted by Crippen LogP contribution is 2.30. The molecular formula is C22H22ClN7O2. The third kappa shape index (κ3) is 3.96. The second kappa shape index (κ2) is 8.68. The summed E-state index contributed by atoms with van der Waals surface area (Å²) in [5.41, 5.74) is 2.29. The van der Waals surface area contributed by atoms with Gasteiger partial charge in [0.25, 0.3) is 5.91 Å². The predicted molar refractivity (Wildman–Crippen MR) is 122 cm³/mol. The Labute approximate surface area is 189 Å². The molecule has 4 aromatic rings. The number of nitrogens with one attached hydrogen (secondary N) is 3. The van der Waals surface area contributed by atoms with Crippen molar-refractivity contribution in [3.05, 3.63) is 53.3 Å². The number of carbonyl (C=O) groups excluding carboxylic acids is 1. The smallest absolute Gasteiger partial charge is 0.270 e. The fourth-order valence-electron chi connectivity index (χ4n) is 3.92. The lowest BCUT2D eigenvalue weighted by Crippen LogP contribution is -2.39. The molecule has 1 fully saturated rings. The molecule has 164 valence electrons. The molecule has 0 unspecified atom stereocenters. The standard InChI is InChI=1S/C22H22ClN7O2/c1-12(28-21-19-20(25-10-24-19)26-11-27-21)16-9-13-3-2-4-15(23)17(13)18(30-16)22(31)29-14-5-7-32-8-6-14/h2-4,9-12,14H,5-8H2,1H3,(H,29,31)(H2,24,25,26,27,28)/t12-/m0/s1. The van der Waals surface area contributed by atoms with E-state index >= 15 is 0 Å². The van der Waals surface area contributed by atoms with Crippen LogP contribution in [0, 0.1) is 0 Å². The Kier molecular flexibility index (Phi) is 5.59. The number of carbonyl (C=O) groups is 1. The molecule has 1 aliphatic heterocycles. The first-order chi connectivity index (χ1) is 15.6. The topological polar surface area (TPSA) is 118 Å². The van der Waals surface area contributed by atoms with Gasteiger partial charge in [-0.05, 0) is 37.3 Å². The van der Waals surface area contributed by atoms with Crippen LogP contribution in [0.5, 0.6) is 0 Å². The van der Waals surface area contributed by atoms with Crippen molar-refractivity contribution in [1.82, 2.24) is 30.2 Å². The first-order valence-electron chi connectivity index (χ1n) is 10.5. The van der Waals surface area contributed by atoms with Gasteiger partial charge in [0, 0.05) is 24.6 Å². The van der Waals surface area contributed by atoms with E-state index in [0.29, 0.717) is 52.0 Å². The fraction of sp³-hybridized carbons (Fsp3) is 0.318. The Hall–Kier alpha value is -3.30. The Morgan fingerprint density at radius 1 is 1.25 bits per heavy atom. The summed E-state index contributed by atoms with van der Waals surface area (Å²) in [5.74, 6) is 0.353. The van der Waals surface area contributed by atoms with Crippen LogP contribution in [0.1, 0.15) is 42.0 Å². The van der Waals surface area contributed by atoms with Crippen LogP contribution < -0.4 is 10.6 Å². The van der Waals surface area contributed by atoms with E-state index in [4.69, 9.17) is 21.3 Å². The molecule has 5 rings (SSSR count). The molecule has 10 heteroatoms. The lowest BCUT2D eigenvalue weighted by Gasteiger charge is -2.23. The van der Waals surface area contributed by atoms with E-state index in [0.717, 1.165) is 18.2 Å². The number of H-pyrrole nitrogens is 1. The number of fused-ring (bicyclic) bond motifs is 2.